The van der Waals surface area contributed by atoms with Gasteiger partial charge >= 0.3 is 5.97 Å². The molecule has 1 aromatic rings. The second-order valence-electron chi connectivity index (χ2n) is 4.47. The van der Waals surface area contributed by atoms with E-state index >= 15 is 0 Å². The Morgan fingerprint density at radius 2 is 1.65 bits per heavy atom. The van der Waals surface area contributed by atoms with E-state index < -0.39 is 17.8 Å². The van der Waals surface area contributed by atoms with Gasteiger partial charge in [0.05, 0.1) is 18.2 Å². The predicted molar refractivity (Wildman–Crippen MR) is 71.9 cm³/mol. The highest BCUT2D eigenvalue weighted by molar-refractivity contribution is 6.24. The molecule has 5 heteroatoms. The summed E-state index contributed by atoms with van der Waals surface area (Å²) >= 11 is 0. The van der Waals surface area contributed by atoms with Gasteiger partial charge < -0.3 is 4.74 Å². The van der Waals surface area contributed by atoms with Crippen molar-refractivity contribution in [2.24, 2.45) is 0 Å². The molecule has 1 heterocycles. The van der Waals surface area contributed by atoms with Gasteiger partial charge in [-0.25, -0.2) is 9.69 Å². The van der Waals surface area contributed by atoms with Gasteiger partial charge in [-0.15, -0.1) is 0 Å². The van der Waals surface area contributed by atoms with Gasteiger partial charge in [0.25, 0.3) is 11.8 Å². The van der Waals surface area contributed by atoms with Gasteiger partial charge in [-0.2, -0.15) is 0 Å². The molecule has 0 N–H and O–H groups in total. The summed E-state index contributed by atoms with van der Waals surface area (Å²) in [5, 5.41) is 0. The maximum atomic E-state index is 12.4. The van der Waals surface area contributed by atoms with E-state index in [1.165, 1.54) is 7.11 Å². The Morgan fingerprint density at radius 3 is 2.05 bits per heavy atom. The van der Waals surface area contributed by atoms with Crippen molar-refractivity contribution in [3.8, 4) is 0 Å². The first-order chi connectivity index (χ1) is 9.52. The SMILES string of the molecule is CC/C(C)=C(\C(=O)OC)N1C(=O)c2ccccc2C1=O. The van der Waals surface area contributed by atoms with Gasteiger partial charge in [-0.1, -0.05) is 19.1 Å². The summed E-state index contributed by atoms with van der Waals surface area (Å²) in [5.41, 5.74) is 1.26. The topological polar surface area (TPSA) is 63.7 Å². The van der Waals surface area contributed by atoms with Gasteiger partial charge in [0.2, 0.25) is 0 Å². The summed E-state index contributed by atoms with van der Waals surface area (Å²) in [5.74, 6) is -1.66. The van der Waals surface area contributed by atoms with Crippen LogP contribution in [-0.4, -0.2) is 29.8 Å². The average Bonchev–Trinajstić information content (AvgIpc) is 2.72. The van der Waals surface area contributed by atoms with Crippen LogP contribution in [0.15, 0.2) is 35.5 Å². The Bertz CT molecular complexity index is 596. The van der Waals surface area contributed by atoms with Crippen molar-refractivity contribution >= 4 is 17.8 Å². The number of imide groups is 1. The van der Waals surface area contributed by atoms with Gasteiger partial charge in [0.1, 0.15) is 5.70 Å². The quantitative estimate of drug-likeness (QED) is 0.481. The third-order valence-corrected chi connectivity index (χ3v) is 3.33. The lowest BCUT2D eigenvalue weighted by Crippen LogP contribution is -2.34. The molecule has 2 rings (SSSR count). The molecule has 5 nitrogen and oxygen atoms in total. The normalized spacial score (nSPS) is 15.1. The number of esters is 1. The molecule has 0 atom stereocenters. The van der Waals surface area contributed by atoms with Crippen molar-refractivity contribution in [3.05, 3.63) is 46.7 Å². The number of allylic oxidation sites excluding steroid dienone is 1. The lowest BCUT2D eigenvalue weighted by atomic mass is 10.1. The van der Waals surface area contributed by atoms with Gasteiger partial charge in [0.15, 0.2) is 0 Å². The van der Waals surface area contributed by atoms with Gasteiger partial charge in [-0.3, -0.25) is 9.59 Å². The highest BCUT2D eigenvalue weighted by atomic mass is 16.5. The number of carbonyl (C=O) groups is 3. The number of hydrogen-bond donors (Lipinski definition) is 0. The van der Waals surface area contributed by atoms with Gasteiger partial charge in [0, 0.05) is 0 Å². The van der Waals surface area contributed by atoms with Crippen molar-refractivity contribution in [2.75, 3.05) is 7.11 Å². The fourth-order valence-electron chi connectivity index (χ4n) is 2.11. The van der Waals surface area contributed by atoms with E-state index in [9.17, 15) is 14.4 Å². The lowest BCUT2D eigenvalue weighted by molar-refractivity contribution is -0.137. The Labute approximate surface area is 116 Å². The smallest absolute Gasteiger partial charge is 0.355 e. The summed E-state index contributed by atoms with van der Waals surface area (Å²) in [6.07, 6.45) is 0.540. The third-order valence-electron chi connectivity index (χ3n) is 3.33. The van der Waals surface area contributed by atoms with E-state index in [1.54, 1.807) is 31.2 Å². The van der Waals surface area contributed by atoms with Crippen molar-refractivity contribution in [3.63, 3.8) is 0 Å². The molecule has 1 aromatic carbocycles. The molecule has 2 amide bonds. The first kappa shape index (κ1) is 14.0. The van der Waals surface area contributed by atoms with Crippen molar-refractivity contribution in [1.82, 2.24) is 4.90 Å². The summed E-state index contributed by atoms with van der Waals surface area (Å²) in [6, 6.07) is 6.51. The summed E-state index contributed by atoms with van der Waals surface area (Å²) < 4.78 is 4.70. The van der Waals surface area contributed by atoms with Gasteiger partial charge in [-0.05, 0) is 31.1 Å². The minimum absolute atomic E-state index is 0.0150. The molecule has 0 aromatic heterocycles. The molecule has 0 bridgehead atoms. The number of nitrogens with zero attached hydrogens (tertiary/aromatic N) is 1. The van der Waals surface area contributed by atoms with E-state index in [4.69, 9.17) is 4.74 Å². The zero-order valence-electron chi connectivity index (χ0n) is 11.6. The number of fused-ring (bicyclic) bond motifs is 1. The summed E-state index contributed by atoms with van der Waals surface area (Å²) in [4.78, 5) is 37.5. The molecule has 0 spiro atoms. The molecule has 1 aliphatic rings. The Hall–Kier alpha value is -2.43. The molecule has 1 aliphatic heterocycles. The highest BCUT2D eigenvalue weighted by Crippen LogP contribution is 2.28. The number of ether oxygens (including phenoxy) is 1. The average molecular weight is 273 g/mol. The molecule has 0 unspecified atom stereocenters. The van der Waals surface area contributed by atoms with E-state index in [-0.39, 0.29) is 5.70 Å². The fourth-order valence-corrected chi connectivity index (χ4v) is 2.11. The highest BCUT2D eigenvalue weighted by Gasteiger charge is 2.40. The second kappa shape index (κ2) is 5.28. The largest absolute Gasteiger partial charge is 0.464 e. The molecule has 20 heavy (non-hydrogen) atoms. The van der Waals surface area contributed by atoms with Crippen LogP contribution < -0.4 is 0 Å². The molecule has 0 radical (unpaired) electrons. The van der Waals surface area contributed by atoms with Crippen molar-refractivity contribution < 1.29 is 19.1 Å². The number of hydrogen-bond acceptors (Lipinski definition) is 4. The Kier molecular flexibility index (Phi) is 3.70. The molecule has 0 saturated heterocycles. The van der Waals surface area contributed by atoms with E-state index in [1.807, 2.05) is 6.92 Å². The van der Waals surface area contributed by atoms with Crippen LogP contribution in [0, 0.1) is 0 Å². The van der Waals surface area contributed by atoms with Crippen molar-refractivity contribution in [2.45, 2.75) is 20.3 Å². The number of rotatable bonds is 3. The molecule has 0 fully saturated rings. The number of carbonyl (C=O) groups excluding carboxylic acids is 3. The third kappa shape index (κ3) is 2.01. The lowest BCUT2D eigenvalue weighted by Gasteiger charge is -2.18. The predicted octanol–water partition coefficient (Wildman–Crippen LogP) is 2.14. The van der Waals surface area contributed by atoms with E-state index in [0.717, 1.165) is 4.90 Å². The van der Waals surface area contributed by atoms with E-state index in [2.05, 4.69) is 0 Å². The van der Waals surface area contributed by atoms with Crippen LogP contribution in [0.25, 0.3) is 0 Å². The number of amides is 2. The maximum Gasteiger partial charge on any atom is 0.355 e. The first-order valence-electron chi connectivity index (χ1n) is 6.28. The van der Waals surface area contributed by atoms with Crippen LogP contribution in [0.2, 0.25) is 0 Å². The van der Waals surface area contributed by atoms with Crippen LogP contribution in [0.5, 0.6) is 0 Å². The molecule has 0 aliphatic carbocycles. The Balaban J connectivity index is 2.57. The van der Waals surface area contributed by atoms with Crippen LogP contribution in [0.4, 0.5) is 0 Å². The summed E-state index contributed by atoms with van der Waals surface area (Å²) in [6.45, 7) is 3.55. The molecule has 0 saturated carbocycles. The zero-order valence-corrected chi connectivity index (χ0v) is 11.6. The van der Waals surface area contributed by atoms with E-state index in [0.29, 0.717) is 23.1 Å². The standard InChI is InChI=1S/C15H15NO4/c1-4-9(2)12(15(19)20-3)16-13(17)10-7-5-6-8-11(10)14(16)18/h5-8H,4H2,1-3H3/b12-9+. The zero-order chi connectivity index (χ0) is 14.9. The van der Waals surface area contributed by atoms with Crippen molar-refractivity contribution in [1.29, 1.82) is 0 Å². The second-order valence-corrected chi connectivity index (χ2v) is 4.47. The number of benzene rings is 1. The first-order valence-corrected chi connectivity index (χ1v) is 6.28. The van der Waals surface area contributed by atoms with Crippen LogP contribution in [0.1, 0.15) is 41.0 Å². The minimum Gasteiger partial charge on any atom is -0.464 e. The molecular formula is C15H15NO4. The fraction of sp³-hybridized carbons (Fsp3) is 0.267. The summed E-state index contributed by atoms with van der Waals surface area (Å²) in [7, 11) is 1.23. The minimum atomic E-state index is -0.682. The molecule has 104 valence electrons. The Morgan fingerprint density at radius 1 is 1.15 bits per heavy atom. The maximum absolute atomic E-state index is 12.4. The van der Waals surface area contributed by atoms with Crippen LogP contribution >= 0.6 is 0 Å². The van der Waals surface area contributed by atoms with Crippen LogP contribution in [0.3, 0.4) is 0 Å². The number of methoxy groups -OCH3 is 1. The van der Waals surface area contributed by atoms with Crippen LogP contribution in [-0.2, 0) is 9.53 Å². The molecular weight excluding hydrogens is 258 g/mol. The monoisotopic (exact) mass is 273 g/mol.